The zero-order chi connectivity index (χ0) is 20.8. The highest BCUT2D eigenvalue weighted by molar-refractivity contribution is 5.63. The zero-order valence-corrected chi connectivity index (χ0v) is 19.5. The number of hydrogen-bond acceptors (Lipinski definition) is 2. The lowest BCUT2D eigenvalue weighted by Gasteiger charge is -2.35. The summed E-state index contributed by atoms with van der Waals surface area (Å²) in [5, 5.41) is 9.92. The lowest BCUT2D eigenvalue weighted by Crippen LogP contribution is -2.46. The summed E-state index contributed by atoms with van der Waals surface area (Å²) in [5.74, 6) is -0.920. The fourth-order valence-corrected chi connectivity index (χ4v) is 3.44. The molecule has 0 saturated heterocycles. The number of carboxylic acids is 1. The largest absolute Gasteiger partial charge is 0.550 e. The molecule has 3 nitrogen and oxygen atoms in total. The molecule has 0 bridgehead atoms. The lowest BCUT2D eigenvalue weighted by molar-refractivity contribution is -0.910. The van der Waals surface area contributed by atoms with Crippen molar-refractivity contribution >= 4 is 5.97 Å². The molecule has 0 atom stereocenters. The van der Waals surface area contributed by atoms with E-state index in [1.807, 2.05) is 0 Å². The van der Waals surface area contributed by atoms with Gasteiger partial charge in [-0.1, -0.05) is 72.6 Å². The van der Waals surface area contributed by atoms with Gasteiger partial charge in [-0.15, -0.1) is 0 Å². The predicted octanol–water partition coefficient (Wildman–Crippen LogP) is 6.10. The third kappa shape index (κ3) is 23.4. The Morgan fingerprint density at radius 2 is 0.926 bits per heavy atom. The molecule has 27 heavy (non-hydrogen) atoms. The summed E-state index contributed by atoms with van der Waals surface area (Å²) < 4.78 is 1.33. The van der Waals surface area contributed by atoms with Crippen molar-refractivity contribution in [3.05, 3.63) is 0 Å². The Hall–Kier alpha value is -0.570. The number of rotatable bonds is 18. The van der Waals surface area contributed by atoms with E-state index in [0.29, 0.717) is 0 Å². The summed E-state index contributed by atoms with van der Waals surface area (Å²) in [6, 6.07) is 0. The van der Waals surface area contributed by atoms with E-state index in [9.17, 15) is 9.90 Å². The van der Waals surface area contributed by atoms with Crippen LogP contribution in [0.5, 0.6) is 0 Å². The van der Waals surface area contributed by atoms with Gasteiger partial charge in [0.2, 0.25) is 0 Å². The molecule has 0 unspecified atom stereocenters. The fourth-order valence-electron chi connectivity index (χ4n) is 3.44. The maximum atomic E-state index is 9.92. The SMILES string of the molecule is CCCCCCCC(=O)[O-].CCCCC[N+](C)(CCCCC)CCCCC. The van der Waals surface area contributed by atoms with Crippen LogP contribution in [0.15, 0.2) is 0 Å². The minimum absolute atomic E-state index is 0.226. The number of carbonyl (C=O) groups excluding carboxylic acids is 1. The molecule has 0 aliphatic heterocycles. The molecule has 0 aromatic rings. The summed E-state index contributed by atoms with van der Waals surface area (Å²) in [4.78, 5) is 9.92. The van der Waals surface area contributed by atoms with Crippen molar-refractivity contribution in [2.24, 2.45) is 0 Å². The summed E-state index contributed by atoms with van der Waals surface area (Å²) in [6.07, 6.45) is 18.2. The highest BCUT2D eigenvalue weighted by atomic mass is 16.4. The third-order valence-electron chi connectivity index (χ3n) is 5.39. The van der Waals surface area contributed by atoms with Crippen LogP contribution in [-0.2, 0) is 4.79 Å². The van der Waals surface area contributed by atoms with Crippen molar-refractivity contribution in [2.45, 2.75) is 124 Å². The van der Waals surface area contributed by atoms with Crippen LogP contribution in [0, 0.1) is 0 Å². The van der Waals surface area contributed by atoms with Crippen LogP contribution in [0.1, 0.15) is 124 Å². The Morgan fingerprint density at radius 3 is 1.26 bits per heavy atom. The van der Waals surface area contributed by atoms with E-state index in [4.69, 9.17) is 0 Å². The normalized spacial score (nSPS) is 11.1. The quantitative estimate of drug-likeness (QED) is 0.211. The van der Waals surface area contributed by atoms with E-state index in [1.54, 1.807) is 0 Å². The molecule has 0 fully saturated rings. The standard InChI is InChI=1S/C16H36N.C8H16O2/c1-5-8-11-14-17(4,15-12-9-6-2)16-13-10-7-3;1-2-3-4-5-6-7-8(9)10/h5-16H2,1-4H3;2-7H2,1H3,(H,9,10)/q+1;/p-1. The van der Waals surface area contributed by atoms with Crippen molar-refractivity contribution in [1.82, 2.24) is 0 Å². The Kier molecular flexibility index (Phi) is 23.0. The number of quaternary nitrogens is 1. The van der Waals surface area contributed by atoms with Crippen LogP contribution in [0.2, 0.25) is 0 Å². The van der Waals surface area contributed by atoms with Gasteiger partial charge < -0.3 is 14.4 Å². The van der Waals surface area contributed by atoms with Gasteiger partial charge in [-0.2, -0.15) is 0 Å². The smallest absolute Gasteiger partial charge is 0.0784 e. The van der Waals surface area contributed by atoms with E-state index in [1.165, 1.54) is 94.7 Å². The van der Waals surface area contributed by atoms with Crippen molar-refractivity contribution in [3.8, 4) is 0 Å². The van der Waals surface area contributed by atoms with Gasteiger partial charge in [0.1, 0.15) is 0 Å². The third-order valence-corrected chi connectivity index (χ3v) is 5.39. The second-order valence-corrected chi connectivity index (χ2v) is 8.45. The number of carbonyl (C=O) groups is 1. The summed E-state index contributed by atoms with van der Waals surface area (Å²) in [5.41, 5.74) is 0. The molecule has 0 aromatic carbocycles. The first-order valence-electron chi connectivity index (χ1n) is 12.0. The van der Waals surface area contributed by atoms with Crippen LogP contribution < -0.4 is 5.11 Å². The minimum atomic E-state index is -0.920. The zero-order valence-electron chi connectivity index (χ0n) is 19.5. The first-order valence-corrected chi connectivity index (χ1v) is 12.0. The van der Waals surface area contributed by atoms with Gasteiger partial charge in [0.25, 0.3) is 0 Å². The number of carboxylic acid groups (broad SMARTS) is 1. The molecule has 3 heteroatoms. The molecule has 0 N–H and O–H groups in total. The molecular weight excluding hydrogens is 334 g/mol. The summed E-state index contributed by atoms with van der Waals surface area (Å²) in [6.45, 7) is 13.3. The van der Waals surface area contributed by atoms with Crippen molar-refractivity contribution in [3.63, 3.8) is 0 Å². The van der Waals surface area contributed by atoms with Gasteiger partial charge in [-0.3, -0.25) is 0 Å². The van der Waals surface area contributed by atoms with Crippen LogP contribution in [-0.4, -0.2) is 37.1 Å². The Balaban J connectivity index is 0. The van der Waals surface area contributed by atoms with Crippen molar-refractivity contribution in [2.75, 3.05) is 26.7 Å². The molecule has 0 heterocycles. The van der Waals surface area contributed by atoms with Gasteiger partial charge in [0.05, 0.1) is 26.7 Å². The van der Waals surface area contributed by atoms with Crippen LogP contribution in [0.3, 0.4) is 0 Å². The van der Waals surface area contributed by atoms with Gasteiger partial charge in [-0.25, -0.2) is 0 Å². The Bertz CT molecular complexity index is 278. The Morgan fingerprint density at radius 1 is 0.593 bits per heavy atom. The molecular formula is C24H51NO2. The van der Waals surface area contributed by atoms with E-state index >= 15 is 0 Å². The number of hydrogen-bond donors (Lipinski definition) is 0. The molecule has 0 spiro atoms. The maximum Gasteiger partial charge on any atom is 0.0784 e. The molecule has 0 radical (unpaired) electrons. The average molecular weight is 386 g/mol. The highest BCUT2D eigenvalue weighted by Gasteiger charge is 2.19. The molecule has 0 amide bonds. The second kappa shape index (κ2) is 21.7. The van der Waals surface area contributed by atoms with Crippen LogP contribution >= 0.6 is 0 Å². The number of aliphatic carboxylic acids is 1. The van der Waals surface area contributed by atoms with E-state index in [2.05, 4.69) is 34.7 Å². The van der Waals surface area contributed by atoms with Gasteiger partial charge in [0, 0.05) is 5.97 Å². The van der Waals surface area contributed by atoms with E-state index in [-0.39, 0.29) is 6.42 Å². The Labute approximate surface area is 171 Å². The minimum Gasteiger partial charge on any atom is -0.550 e. The highest BCUT2D eigenvalue weighted by Crippen LogP contribution is 2.13. The molecule has 0 aromatic heterocycles. The molecule has 0 rings (SSSR count). The summed E-state index contributed by atoms with van der Waals surface area (Å²) in [7, 11) is 2.49. The first kappa shape index (κ1) is 28.6. The van der Waals surface area contributed by atoms with Gasteiger partial charge in [0.15, 0.2) is 0 Å². The van der Waals surface area contributed by atoms with Crippen LogP contribution in [0.4, 0.5) is 0 Å². The molecule has 0 aliphatic carbocycles. The summed E-state index contributed by atoms with van der Waals surface area (Å²) >= 11 is 0. The van der Waals surface area contributed by atoms with Gasteiger partial charge in [-0.05, 0) is 51.4 Å². The second-order valence-electron chi connectivity index (χ2n) is 8.45. The maximum absolute atomic E-state index is 9.92. The van der Waals surface area contributed by atoms with Crippen molar-refractivity contribution in [1.29, 1.82) is 0 Å². The molecule has 164 valence electrons. The van der Waals surface area contributed by atoms with Gasteiger partial charge >= 0.3 is 0 Å². The van der Waals surface area contributed by atoms with Crippen molar-refractivity contribution < 1.29 is 14.4 Å². The number of unbranched alkanes of at least 4 members (excludes halogenated alkanes) is 10. The first-order chi connectivity index (χ1) is 13.0. The van der Waals surface area contributed by atoms with E-state index < -0.39 is 5.97 Å². The topological polar surface area (TPSA) is 40.1 Å². The fraction of sp³-hybridized carbons (Fsp3) is 0.958. The number of nitrogens with zero attached hydrogens (tertiary/aromatic N) is 1. The predicted molar refractivity (Wildman–Crippen MR) is 118 cm³/mol. The average Bonchev–Trinajstić information content (AvgIpc) is 2.63. The van der Waals surface area contributed by atoms with Crippen LogP contribution in [0.25, 0.3) is 0 Å². The monoisotopic (exact) mass is 385 g/mol. The molecule has 0 aliphatic rings. The lowest BCUT2D eigenvalue weighted by atomic mass is 10.1. The van der Waals surface area contributed by atoms with E-state index in [0.717, 1.165) is 19.3 Å². The molecule has 0 saturated carbocycles.